The third kappa shape index (κ3) is 6.85. The fraction of sp³-hybridized carbons (Fsp3) is 0.400. The zero-order valence-electron chi connectivity index (χ0n) is 14.4. The van der Waals surface area contributed by atoms with Gasteiger partial charge >= 0.3 is 11.9 Å². The second-order valence-electron chi connectivity index (χ2n) is 5.27. The highest BCUT2D eigenvalue weighted by atomic mass is 35.5. The largest absolute Gasteiger partial charge is 0.463 e. The van der Waals surface area contributed by atoms with Crippen LogP contribution in [0.3, 0.4) is 0 Å². The first kappa shape index (κ1) is 24.6. The van der Waals surface area contributed by atoms with Crippen LogP contribution >= 0.6 is 34.8 Å². The van der Waals surface area contributed by atoms with Crippen LogP contribution in [0.25, 0.3) is 0 Å². The van der Waals surface area contributed by atoms with Crippen molar-refractivity contribution in [2.24, 2.45) is 0 Å². The average Bonchev–Trinajstić information content (AvgIpc) is 2.58. The van der Waals surface area contributed by atoms with Crippen LogP contribution in [0.1, 0.15) is 13.8 Å². The van der Waals surface area contributed by atoms with Gasteiger partial charge in [-0.25, -0.2) is 4.39 Å². The number of ether oxygens (including phenoxy) is 2. The molecule has 0 aliphatic carbocycles. The van der Waals surface area contributed by atoms with Crippen molar-refractivity contribution in [3.05, 3.63) is 27.2 Å². The van der Waals surface area contributed by atoms with Crippen LogP contribution < -0.4 is 0 Å². The minimum absolute atomic E-state index is 0.0208. The van der Waals surface area contributed by atoms with Gasteiger partial charge in [-0.2, -0.15) is 8.42 Å². The van der Waals surface area contributed by atoms with Gasteiger partial charge in [-0.1, -0.05) is 34.8 Å². The molecule has 0 fully saturated rings. The van der Waals surface area contributed by atoms with Gasteiger partial charge in [0.25, 0.3) is 10.1 Å². The smallest absolute Gasteiger partial charge is 0.303 e. The maximum Gasteiger partial charge on any atom is 0.303 e. The Bertz CT molecular complexity index is 865. The van der Waals surface area contributed by atoms with E-state index in [0.29, 0.717) is 0 Å². The predicted molar refractivity (Wildman–Crippen MR) is 99.4 cm³/mol. The molecule has 1 rings (SSSR count). The van der Waals surface area contributed by atoms with E-state index in [1.165, 1.54) is 0 Å². The van der Waals surface area contributed by atoms with E-state index in [0.717, 1.165) is 26.0 Å². The second kappa shape index (κ2) is 10.4. The topological polar surface area (TPSA) is 120 Å². The van der Waals surface area contributed by atoms with Crippen molar-refractivity contribution in [3.63, 3.8) is 0 Å². The molecule has 0 spiro atoms. The van der Waals surface area contributed by atoms with Crippen LogP contribution in [0.4, 0.5) is 4.39 Å². The SMILES string of the molecule is CC(=O)OC[C@H](OS(=O)(=O)c1cc(Cl)c(Cl)cc1Cl)[C@@H](OC(C)=O)[C@H](F)C=N. The summed E-state index contributed by atoms with van der Waals surface area (Å²) in [6.07, 6.45) is -5.69. The molecule has 0 amide bonds. The molecule has 0 aliphatic heterocycles. The molecule has 0 saturated carbocycles. The lowest BCUT2D eigenvalue weighted by Gasteiger charge is -2.27. The van der Waals surface area contributed by atoms with Crippen molar-refractivity contribution in [3.8, 4) is 0 Å². The Morgan fingerprint density at radius 2 is 1.71 bits per heavy atom. The maximum absolute atomic E-state index is 14.1. The van der Waals surface area contributed by atoms with E-state index in [2.05, 4.69) is 4.74 Å². The maximum atomic E-state index is 14.1. The molecule has 13 heteroatoms. The molecule has 0 heterocycles. The van der Waals surface area contributed by atoms with Crippen LogP contribution in [0, 0.1) is 5.41 Å². The van der Waals surface area contributed by atoms with Crippen molar-refractivity contribution in [2.45, 2.75) is 37.1 Å². The Balaban J connectivity index is 3.33. The summed E-state index contributed by atoms with van der Waals surface area (Å²) in [5, 5.41) is 6.51. The Hall–Kier alpha value is -1.46. The molecule has 0 unspecified atom stereocenters. The number of hydrogen-bond donors (Lipinski definition) is 1. The van der Waals surface area contributed by atoms with E-state index in [4.69, 9.17) is 49.1 Å². The molecule has 8 nitrogen and oxygen atoms in total. The first-order valence-corrected chi connectivity index (χ1v) is 9.96. The van der Waals surface area contributed by atoms with E-state index in [1.807, 2.05) is 0 Å². The fourth-order valence-corrected chi connectivity index (χ4v) is 3.97. The molecular formula is C15H15Cl3FNO7S. The van der Waals surface area contributed by atoms with E-state index in [-0.39, 0.29) is 21.3 Å². The number of alkyl halides is 1. The number of carbonyl (C=O) groups excluding carboxylic acids is 2. The van der Waals surface area contributed by atoms with Crippen molar-refractivity contribution < 1.29 is 36.1 Å². The zero-order chi connectivity index (χ0) is 21.6. The fourth-order valence-electron chi connectivity index (χ4n) is 1.92. The van der Waals surface area contributed by atoms with E-state index in [1.54, 1.807) is 0 Å². The van der Waals surface area contributed by atoms with Gasteiger partial charge in [0.2, 0.25) is 0 Å². The number of rotatable bonds is 9. The Morgan fingerprint density at radius 3 is 2.21 bits per heavy atom. The minimum Gasteiger partial charge on any atom is -0.463 e. The number of nitrogens with one attached hydrogen (secondary N) is 1. The van der Waals surface area contributed by atoms with Gasteiger partial charge in [0.15, 0.2) is 18.4 Å². The van der Waals surface area contributed by atoms with Gasteiger partial charge in [-0.15, -0.1) is 0 Å². The number of carbonyl (C=O) groups is 2. The summed E-state index contributed by atoms with van der Waals surface area (Å²) >= 11 is 17.4. The van der Waals surface area contributed by atoms with Crippen molar-refractivity contribution in [2.75, 3.05) is 6.61 Å². The van der Waals surface area contributed by atoms with Gasteiger partial charge in [0.05, 0.1) is 15.1 Å². The van der Waals surface area contributed by atoms with E-state index in [9.17, 15) is 22.4 Å². The molecule has 0 aromatic heterocycles. The monoisotopic (exact) mass is 477 g/mol. The van der Waals surface area contributed by atoms with Gasteiger partial charge in [-0.05, 0) is 12.1 Å². The molecule has 0 saturated heterocycles. The highest BCUT2D eigenvalue weighted by molar-refractivity contribution is 7.87. The van der Waals surface area contributed by atoms with Gasteiger partial charge in [0, 0.05) is 20.1 Å². The number of esters is 2. The second-order valence-corrected chi connectivity index (χ2v) is 8.04. The molecule has 156 valence electrons. The molecule has 0 bridgehead atoms. The molecule has 0 radical (unpaired) electrons. The minimum atomic E-state index is -4.70. The normalized spacial score (nSPS) is 14.6. The molecule has 1 N–H and O–H groups in total. The number of hydrogen-bond acceptors (Lipinski definition) is 8. The average molecular weight is 479 g/mol. The summed E-state index contributed by atoms with van der Waals surface area (Å²) in [5.74, 6) is -1.80. The summed E-state index contributed by atoms with van der Waals surface area (Å²) < 4.78 is 53.6. The summed E-state index contributed by atoms with van der Waals surface area (Å²) in [5.41, 5.74) is 0. The summed E-state index contributed by atoms with van der Waals surface area (Å²) in [6, 6.07) is 1.97. The standard InChI is InChI=1S/C15H15Cl3FNO7S/c1-7(21)25-6-13(15(12(19)5-20)26-8(2)22)27-28(23,24)14-4-10(17)9(16)3-11(14)18/h3-5,12-13,15,20H,6H2,1-2H3/t12-,13+,15+/m1/s1. The molecule has 1 aromatic rings. The summed E-state index contributed by atoms with van der Waals surface area (Å²) in [6.45, 7) is 1.17. The molecule has 1 aromatic carbocycles. The molecular weight excluding hydrogens is 464 g/mol. The van der Waals surface area contributed by atoms with E-state index < -0.39 is 51.9 Å². The molecule has 28 heavy (non-hydrogen) atoms. The Labute approximate surface area is 175 Å². The lowest BCUT2D eigenvalue weighted by Crippen LogP contribution is -2.45. The number of benzene rings is 1. The van der Waals surface area contributed by atoms with Crippen LogP contribution in [0.2, 0.25) is 15.1 Å². The van der Waals surface area contributed by atoms with Crippen molar-refractivity contribution in [1.29, 1.82) is 5.41 Å². The van der Waals surface area contributed by atoms with Crippen LogP contribution in [-0.4, -0.2) is 51.6 Å². The van der Waals surface area contributed by atoms with E-state index >= 15 is 0 Å². The third-order valence-electron chi connectivity index (χ3n) is 3.09. The van der Waals surface area contributed by atoms with Crippen LogP contribution in [0.15, 0.2) is 17.0 Å². The highest BCUT2D eigenvalue weighted by Crippen LogP contribution is 2.33. The summed E-state index contributed by atoms with van der Waals surface area (Å²) in [7, 11) is -4.70. The molecule has 3 atom stereocenters. The third-order valence-corrected chi connectivity index (χ3v) is 5.61. The molecule has 0 aliphatic rings. The lowest BCUT2D eigenvalue weighted by atomic mass is 10.1. The first-order valence-electron chi connectivity index (χ1n) is 7.42. The lowest BCUT2D eigenvalue weighted by molar-refractivity contribution is -0.159. The predicted octanol–water partition coefficient (Wildman–Crippen LogP) is 3.20. The van der Waals surface area contributed by atoms with Gasteiger partial charge < -0.3 is 14.9 Å². The van der Waals surface area contributed by atoms with Crippen LogP contribution in [0.5, 0.6) is 0 Å². The Kier molecular flexibility index (Phi) is 9.09. The quantitative estimate of drug-likeness (QED) is 0.250. The Morgan fingerprint density at radius 1 is 1.14 bits per heavy atom. The van der Waals surface area contributed by atoms with Gasteiger partial charge in [-0.3, -0.25) is 13.8 Å². The van der Waals surface area contributed by atoms with Gasteiger partial charge in [0.1, 0.15) is 11.5 Å². The summed E-state index contributed by atoms with van der Waals surface area (Å²) in [4.78, 5) is 21.7. The first-order chi connectivity index (χ1) is 12.9. The highest BCUT2D eigenvalue weighted by Gasteiger charge is 2.38. The zero-order valence-corrected chi connectivity index (χ0v) is 17.5. The van der Waals surface area contributed by atoms with Crippen LogP contribution in [-0.2, 0) is 33.4 Å². The van der Waals surface area contributed by atoms with Crippen molar-refractivity contribution in [1.82, 2.24) is 0 Å². The number of halogens is 4. The van der Waals surface area contributed by atoms with Crippen molar-refractivity contribution >= 4 is 63.1 Å².